The quantitative estimate of drug-likeness (QED) is 0.679. The fourth-order valence-corrected chi connectivity index (χ4v) is 2.64. The van der Waals surface area contributed by atoms with Gasteiger partial charge in [0, 0.05) is 10.9 Å². The molecule has 1 unspecified atom stereocenters. The summed E-state index contributed by atoms with van der Waals surface area (Å²) >= 11 is 0. The third-order valence-electron chi connectivity index (χ3n) is 3.90. The van der Waals surface area contributed by atoms with Crippen molar-refractivity contribution in [3.63, 3.8) is 0 Å². The molecule has 0 fully saturated rings. The molecule has 7 nitrogen and oxygen atoms in total. The number of carbonyl (C=O) groups excluding carboxylic acids is 2. The molecular weight excluding hydrogens is 334 g/mol. The Balaban J connectivity index is 1.72. The molecule has 3 rings (SSSR count). The Bertz CT molecular complexity index is 998. The van der Waals surface area contributed by atoms with E-state index in [4.69, 9.17) is 10.5 Å². The van der Waals surface area contributed by atoms with Gasteiger partial charge in [-0.3, -0.25) is 19.1 Å². The molecular formula is C19H17N3O4. The zero-order chi connectivity index (χ0) is 18.5. The number of fused-ring (bicyclic) bond motifs is 1. The second-order valence-electron chi connectivity index (χ2n) is 5.68. The first-order chi connectivity index (χ1) is 12.6. The highest BCUT2D eigenvalue weighted by atomic mass is 16.5. The molecule has 2 N–H and O–H groups in total. The topological polar surface area (TPSA) is 104 Å². The Morgan fingerprint density at radius 1 is 1.08 bits per heavy atom. The Hall–Kier alpha value is -3.48. The number of amides is 1. The number of hydrogen-bond donors (Lipinski definition) is 1. The van der Waals surface area contributed by atoms with E-state index in [9.17, 15) is 14.4 Å². The Morgan fingerprint density at radius 3 is 2.50 bits per heavy atom. The summed E-state index contributed by atoms with van der Waals surface area (Å²) in [6.45, 7) is 0.208. The fourth-order valence-electron chi connectivity index (χ4n) is 2.64. The van der Waals surface area contributed by atoms with Crippen molar-refractivity contribution in [1.29, 1.82) is 0 Å². The summed E-state index contributed by atoms with van der Waals surface area (Å²) in [5.41, 5.74) is 6.31. The molecule has 1 amide bonds. The Morgan fingerprint density at radius 2 is 1.77 bits per heavy atom. The first-order valence-electron chi connectivity index (χ1n) is 8.05. The second-order valence-corrected chi connectivity index (χ2v) is 5.68. The first kappa shape index (κ1) is 17.3. The van der Waals surface area contributed by atoms with Crippen LogP contribution in [0.5, 0.6) is 0 Å². The first-order valence-corrected chi connectivity index (χ1v) is 8.05. The van der Waals surface area contributed by atoms with Crippen LogP contribution in [0.25, 0.3) is 10.9 Å². The van der Waals surface area contributed by atoms with Gasteiger partial charge in [0.15, 0.2) is 0 Å². The van der Waals surface area contributed by atoms with Crippen LogP contribution < -0.4 is 11.2 Å². The lowest BCUT2D eigenvalue weighted by Crippen LogP contribution is -2.26. The summed E-state index contributed by atoms with van der Waals surface area (Å²) in [6.07, 6.45) is 0.0581. The van der Waals surface area contributed by atoms with Gasteiger partial charge in [-0.1, -0.05) is 42.5 Å². The maximum atomic E-state index is 12.2. The second kappa shape index (κ2) is 7.60. The van der Waals surface area contributed by atoms with Gasteiger partial charge in [-0.2, -0.15) is 5.10 Å². The van der Waals surface area contributed by atoms with E-state index in [0.29, 0.717) is 16.5 Å². The van der Waals surface area contributed by atoms with Gasteiger partial charge in [0.2, 0.25) is 11.5 Å². The van der Waals surface area contributed by atoms with Crippen molar-refractivity contribution in [2.24, 2.45) is 5.73 Å². The lowest BCUT2D eigenvalue weighted by atomic mass is 10.1. The van der Waals surface area contributed by atoms with E-state index >= 15 is 0 Å². The zero-order valence-corrected chi connectivity index (χ0v) is 13.9. The van der Waals surface area contributed by atoms with Crippen LogP contribution in [-0.2, 0) is 20.9 Å². The predicted octanol–water partition coefficient (Wildman–Crippen LogP) is 1.56. The minimum Gasteiger partial charge on any atom is -0.447 e. The third kappa shape index (κ3) is 3.77. The molecule has 0 aliphatic rings. The molecule has 3 aromatic rings. The SMILES string of the molecule is NC(=O)C(OC(=O)CCn1ncc(=O)c2ccccc21)c1ccccc1. The maximum Gasteiger partial charge on any atom is 0.308 e. The molecule has 0 saturated carbocycles. The van der Waals surface area contributed by atoms with Gasteiger partial charge in [0.25, 0.3) is 5.91 Å². The maximum absolute atomic E-state index is 12.2. The Labute approximate surface area is 149 Å². The normalized spacial score (nSPS) is 11.8. The largest absolute Gasteiger partial charge is 0.447 e. The van der Waals surface area contributed by atoms with Crippen molar-refractivity contribution in [2.45, 2.75) is 19.1 Å². The molecule has 7 heteroatoms. The average Bonchev–Trinajstić information content (AvgIpc) is 2.66. The van der Waals surface area contributed by atoms with Crippen molar-refractivity contribution < 1.29 is 14.3 Å². The molecule has 0 aliphatic carbocycles. The van der Waals surface area contributed by atoms with Gasteiger partial charge in [-0.05, 0) is 12.1 Å². The van der Waals surface area contributed by atoms with Crippen LogP contribution in [0.4, 0.5) is 0 Å². The lowest BCUT2D eigenvalue weighted by Gasteiger charge is -2.15. The highest BCUT2D eigenvalue weighted by molar-refractivity contribution is 5.83. The minimum absolute atomic E-state index is 0.0174. The van der Waals surface area contributed by atoms with Gasteiger partial charge >= 0.3 is 5.97 Å². The zero-order valence-electron chi connectivity index (χ0n) is 13.9. The molecule has 0 spiro atoms. The van der Waals surface area contributed by atoms with E-state index in [1.165, 1.54) is 6.20 Å². The molecule has 1 heterocycles. The van der Waals surface area contributed by atoms with Crippen LogP contribution in [0.1, 0.15) is 18.1 Å². The number of nitrogens with zero attached hydrogens (tertiary/aromatic N) is 2. The van der Waals surface area contributed by atoms with Crippen molar-refractivity contribution in [1.82, 2.24) is 9.78 Å². The van der Waals surface area contributed by atoms with Gasteiger partial charge in [0.1, 0.15) is 0 Å². The van der Waals surface area contributed by atoms with E-state index in [1.54, 1.807) is 59.3 Å². The van der Waals surface area contributed by atoms with Crippen molar-refractivity contribution in [3.8, 4) is 0 Å². The van der Waals surface area contributed by atoms with E-state index in [0.717, 1.165) is 0 Å². The fraction of sp³-hybridized carbons (Fsp3) is 0.158. The number of para-hydroxylation sites is 1. The van der Waals surface area contributed by atoms with Crippen LogP contribution in [0, 0.1) is 0 Å². The van der Waals surface area contributed by atoms with E-state index in [2.05, 4.69) is 5.10 Å². The third-order valence-corrected chi connectivity index (χ3v) is 3.90. The number of aryl methyl sites for hydroxylation is 1. The van der Waals surface area contributed by atoms with Crippen molar-refractivity contribution in [2.75, 3.05) is 0 Å². The molecule has 1 atom stereocenters. The highest BCUT2D eigenvalue weighted by Crippen LogP contribution is 2.18. The van der Waals surface area contributed by atoms with Gasteiger partial charge in [-0.15, -0.1) is 0 Å². The van der Waals surface area contributed by atoms with Crippen LogP contribution in [0.3, 0.4) is 0 Å². The molecule has 2 aromatic carbocycles. The molecule has 26 heavy (non-hydrogen) atoms. The van der Waals surface area contributed by atoms with Crippen LogP contribution in [-0.4, -0.2) is 21.7 Å². The van der Waals surface area contributed by atoms with E-state index in [1.807, 2.05) is 0 Å². The number of hydrogen-bond acceptors (Lipinski definition) is 5. The number of esters is 1. The summed E-state index contributed by atoms with van der Waals surface area (Å²) in [7, 11) is 0. The average molecular weight is 351 g/mol. The highest BCUT2D eigenvalue weighted by Gasteiger charge is 2.22. The molecule has 0 aliphatic heterocycles. The summed E-state index contributed by atoms with van der Waals surface area (Å²) in [4.78, 5) is 35.6. The van der Waals surface area contributed by atoms with Crippen LogP contribution in [0.15, 0.2) is 65.6 Å². The number of rotatable bonds is 6. The van der Waals surface area contributed by atoms with E-state index in [-0.39, 0.29) is 18.4 Å². The Kier molecular flexibility index (Phi) is 5.07. The number of aromatic nitrogens is 2. The van der Waals surface area contributed by atoms with Gasteiger partial charge in [0.05, 0.1) is 24.7 Å². The van der Waals surface area contributed by atoms with Gasteiger partial charge < -0.3 is 10.5 Å². The predicted molar refractivity (Wildman–Crippen MR) is 95.1 cm³/mol. The number of nitrogens with two attached hydrogens (primary N) is 1. The number of benzene rings is 2. The summed E-state index contributed by atoms with van der Waals surface area (Å²) in [6, 6.07) is 15.6. The standard InChI is InChI=1S/C19H17N3O4/c20-19(25)18(13-6-2-1-3-7-13)26-17(24)10-11-22-15-9-5-4-8-14(15)16(23)12-21-22/h1-9,12,18H,10-11H2,(H2,20,25). The summed E-state index contributed by atoms with van der Waals surface area (Å²) in [5, 5.41) is 4.58. The minimum atomic E-state index is -1.14. The number of ether oxygens (including phenoxy) is 1. The molecule has 0 saturated heterocycles. The van der Waals surface area contributed by atoms with Crippen molar-refractivity contribution >= 4 is 22.8 Å². The van der Waals surface area contributed by atoms with Crippen LogP contribution in [0.2, 0.25) is 0 Å². The number of primary amides is 1. The molecule has 0 bridgehead atoms. The van der Waals surface area contributed by atoms with Crippen LogP contribution >= 0.6 is 0 Å². The molecule has 1 aromatic heterocycles. The molecule has 132 valence electrons. The summed E-state index contributed by atoms with van der Waals surface area (Å²) in [5.74, 6) is -1.32. The lowest BCUT2D eigenvalue weighted by molar-refractivity contribution is -0.155. The summed E-state index contributed by atoms with van der Waals surface area (Å²) < 4.78 is 6.79. The molecule has 0 radical (unpaired) electrons. The smallest absolute Gasteiger partial charge is 0.308 e. The monoisotopic (exact) mass is 351 g/mol. The van der Waals surface area contributed by atoms with Gasteiger partial charge in [-0.25, -0.2) is 0 Å². The van der Waals surface area contributed by atoms with E-state index < -0.39 is 18.0 Å². The number of carbonyl (C=O) groups is 2. The van der Waals surface area contributed by atoms with Crippen molar-refractivity contribution in [3.05, 3.63) is 76.6 Å².